The SMILES string of the molecule is CCC1(C)NC(c2cccs2)N(CCSC)C1=O. The molecular formula is C13H20N2OS2. The Morgan fingerprint density at radius 2 is 2.39 bits per heavy atom. The summed E-state index contributed by atoms with van der Waals surface area (Å²) in [5.74, 6) is 1.21. The van der Waals surface area contributed by atoms with Gasteiger partial charge in [-0.3, -0.25) is 10.1 Å². The average Bonchev–Trinajstić information content (AvgIpc) is 2.97. The van der Waals surface area contributed by atoms with E-state index < -0.39 is 5.54 Å². The monoisotopic (exact) mass is 284 g/mol. The van der Waals surface area contributed by atoms with E-state index in [-0.39, 0.29) is 12.1 Å². The van der Waals surface area contributed by atoms with Gasteiger partial charge in [0.15, 0.2) is 0 Å². The summed E-state index contributed by atoms with van der Waals surface area (Å²) in [7, 11) is 0. The molecule has 1 aliphatic rings. The van der Waals surface area contributed by atoms with Crippen LogP contribution in [0.3, 0.4) is 0 Å². The molecule has 0 spiro atoms. The third-order valence-corrected chi connectivity index (χ3v) is 5.07. The molecule has 2 atom stereocenters. The van der Waals surface area contributed by atoms with Gasteiger partial charge in [-0.15, -0.1) is 11.3 Å². The normalized spacial score (nSPS) is 28.1. The number of rotatable bonds is 5. The van der Waals surface area contributed by atoms with Crippen molar-refractivity contribution in [3.05, 3.63) is 22.4 Å². The maximum atomic E-state index is 12.5. The van der Waals surface area contributed by atoms with Crippen LogP contribution in [0, 0.1) is 0 Å². The summed E-state index contributed by atoms with van der Waals surface area (Å²) < 4.78 is 0. The number of nitrogens with zero attached hydrogens (tertiary/aromatic N) is 1. The van der Waals surface area contributed by atoms with Crippen LogP contribution in [-0.2, 0) is 4.79 Å². The maximum Gasteiger partial charge on any atom is 0.244 e. The Labute approximate surface area is 117 Å². The molecule has 1 aromatic rings. The molecule has 1 saturated heterocycles. The van der Waals surface area contributed by atoms with Crippen LogP contribution < -0.4 is 5.32 Å². The third kappa shape index (κ3) is 2.44. The summed E-state index contributed by atoms with van der Waals surface area (Å²) in [6.45, 7) is 4.88. The van der Waals surface area contributed by atoms with Crippen LogP contribution in [0.1, 0.15) is 31.3 Å². The van der Waals surface area contributed by atoms with E-state index in [1.165, 1.54) is 4.88 Å². The van der Waals surface area contributed by atoms with E-state index in [1.807, 2.05) is 17.9 Å². The lowest BCUT2D eigenvalue weighted by atomic mass is 9.99. The number of thioether (sulfide) groups is 1. The number of carbonyl (C=O) groups excluding carboxylic acids is 1. The highest BCUT2D eigenvalue weighted by atomic mass is 32.2. The first-order valence-electron chi connectivity index (χ1n) is 6.23. The second kappa shape index (κ2) is 5.63. The average molecular weight is 284 g/mol. The lowest BCUT2D eigenvalue weighted by Crippen LogP contribution is -2.43. The summed E-state index contributed by atoms with van der Waals surface area (Å²) >= 11 is 3.49. The zero-order valence-electron chi connectivity index (χ0n) is 11.1. The summed E-state index contributed by atoms with van der Waals surface area (Å²) in [5, 5.41) is 5.57. The molecule has 1 amide bonds. The number of carbonyl (C=O) groups is 1. The van der Waals surface area contributed by atoms with Gasteiger partial charge in [0.25, 0.3) is 0 Å². The Kier molecular flexibility index (Phi) is 4.35. The molecule has 1 fully saturated rings. The molecule has 5 heteroatoms. The van der Waals surface area contributed by atoms with Crippen molar-refractivity contribution < 1.29 is 4.79 Å². The van der Waals surface area contributed by atoms with Crippen molar-refractivity contribution in [3.8, 4) is 0 Å². The molecule has 3 nitrogen and oxygen atoms in total. The highest BCUT2D eigenvalue weighted by Gasteiger charge is 2.47. The van der Waals surface area contributed by atoms with Crippen LogP contribution in [0.25, 0.3) is 0 Å². The fraction of sp³-hybridized carbons (Fsp3) is 0.615. The molecule has 1 aliphatic heterocycles. The molecule has 0 radical (unpaired) electrons. The molecule has 2 heterocycles. The molecule has 100 valence electrons. The molecule has 18 heavy (non-hydrogen) atoms. The van der Waals surface area contributed by atoms with Crippen molar-refractivity contribution in [2.24, 2.45) is 0 Å². The van der Waals surface area contributed by atoms with Gasteiger partial charge in [0.2, 0.25) is 5.91 Å². The number of nitrogens with one attached hydrogen (secondary N) is 1. The minimum atomic E-state index is -0.410. The van der Waals surface area contributed by atoms with E-state index >= 15 is 0 Å². The molecule has 2 unspecified atom stereocenters. The van der Waals surface area contributed by atoms with E-state index in [4.69, 9.17) is 0 Å². The minimum absolute atomic E-state index is 0.0506. The molecule has 1 N–H and O–H groups in total. The predicted molar refractivity (Wildman–Crippen MR) is 79.0 cm³/mol. The second-order valence-electron chi connectivity index (χ2n) is 4.74. The van der Waals surface area contributed by atoms with Crippen molar-refractivity contribution in [1.82, 2.24) is 10.2 Å². The van der Waals surface area contributed by atoms with Gasteiger partial charge in [0.05, 0.1) is 5.54 Å². The van der Waals surface area contributed by atoms with Crippen LogP contribution in [0.15, 0.2) is 17.5 Å². The van der Waals surface area contributed by atoms with Gasteiger partial charge in [-0.05, 0) is 31.0 Å². The van der Waals surface area contributed by atoms with Gasteiger partial charge in [-0.2, -0.15) is 11.8 Å². The Morgan fingerprint density at radius 3 is 2.94 bits per heavy atom. The van der Waals surface area contributed by atoms with Crippen molar-refractivity contribution in [2.45, 2.75) is 32.0 Å². The Bertz CT molecular complexity index is 407. The Hall–Kier alpha value is -0.520. The smallest absolute Gasteiger partial charge is 0.244 e. The largest absolute Gasteiger partial charge is 0.320 e. The zero-order valence-corrected chi connectivity index (χ0v) is 12.7. The molecule has 0 saturated carbocycles. The summed E-state index contributed by atoms with van der Waals surface area (Å²) in [5.41, 5.74) is -0.410. The van der Waals surface area contributed by atoms with Crippen LogP contribution in [0.2, 0.25) is 0 Å². The molecule has 0 bridgehead atoms. The van der Waals surface area contributed by atoms with E-state index in [9.17, 15) is 4.79 Å². The lowest BCUT2D eigenvalue weighted by molar-refractivity contribution is -0.132. The van der Waals surface area contributed by atoms with Gasteiger partial charge in [0, 0.05) is 17.2 Å². The van der Waals surface area contributed by atoms with Crippen molar-refractivity contribution in [2.75, 3.05) is 18.6 Å². The van der Waals surface area contributed by atoms with E-state index in [0.29, 0.717) is 0 Å². The van der Waals surface area contributed by atoms with Crippen molar-refractivity contribution in [1.29, 1.82) is 0 Å². The zero-order chi connectivity index (χ0) is 13.2. The van der Waals surface area contributed by atoms with Gasteiger partial charge in [-0.1, -0.05) is 13.0 Å². The highest BCUT2D eigenvalue weighted by Crippen LogP contribution is 2.34. The quantitative estimate of drug-likeness (QED) is 0.902. The second-order valence-corrected chi connectivity index (χ2v) is 6.70. The first kappa shape index (κ1) is 13.9. The highest BCUT2D eigenvalue weighted by molar-refractivity contribution is 7.98. The van der Waals surface area contributed by atoms with Crippen LogP contribution in [-0.4, -0.2) is 34.9 Å². The predicted octanol–water partition coefficient (Wildman–Crippen LogP) is 2.71. The molecule has 0 aliphatic carbocycles. The Morgan fingerprint density at radius 1 is 1.61 bits per heavy atom. The van der Waals surface area contributed by atoms with Crippen molar-refractivity contribution >= 4 is 29.0 Å². The summed E-state index contributed by atoms with van der Waals surface area (Å²) in [6, 6.07) is 4.14. The maximum absolute atomic E-state index is 12.5. The fourth-order valence-corrected chi connectivity index (χ4v) is 3.39. The van der Waals surface area contributed by atoms with Gasteiger partial charge < -0.3 is 4.90 Å². The Balaban J connectivity index is 2.24. The van der Waals surface area contributed by atoms with Gasteiger partial charge in [-0.25, -0.2) is 0 Å². The first-order chi connectivity index (χ1) is 8.62. The number of hydrogen-bond acceptors (Lipinski definition) is 4. The van der Waals surface area contributed by atoms with Crippen molar-refractivity contribution in [3.63, 3.8) is 0 Å². The van der Waals surface area contributed by atoms with Crippen LogP contribution >= 0.6 is 23.1 Å². The topological polar surface area (TPSA) is 32.3 Å². The standard InChI is InChI=1S/C13H20N2OS2/c1-4-13(2)12(16)15(7-9-17-3)11(14-13)10-6-5-8-18-10/h5-6,8,11,14H,4,7,9H2,1-3H3. The number of amides is 1. The lowest BCUT2D eigenvalue weighted by Gasteiger charge is -2.22. The van der Waals surface area contributed by atoms with Gasteiger partial charge >= 0.3 is 0 Å². The van der Waals surface area contributed by atoms with E-state index in [1.54, 1.807) is 23.1 Å². The summed E-state index contributed by atoms with van der Waals surface area (Å²) in [6.07, 6.45) is 2.95. The summed E-state index contributed by atoms with van der Waals surface area (Å²) in [4.78, 5) is 15.7. The number of thiophene rings is 1. The third-order valence-electron chi connectivity index (χ3n) is 3.56. The number of hydrogen-bond donors (Lipinski definition) is 1. The van der Waals surface area contributed by atoms with E-state index in [2.05, 4.69) is 29.9 Å². The van der Waals surface area contributed by atoms with Crippen LogP contribution in [0.4, 0.5) is 0 Å². The fourth-order valence-electron chi connectivity index (χ4n) is 2.22. The molecule has 2 rings (SSSR count). The molecule has 1 aromatic heterocycles. The van der Waals surface area contributed by atoms with Gasteiger partial charge in [0.1, 0.15) is 6.17 Å². The van der Waals surface area contributed by atoms with E-state index in [0.717, 1.165) is 18.7 Å². The molecular weight excluding hydrogens is 264 g/mol. The molecule has 0 aromatic carbocycles. The van der Waals surface area contributed by atoms with Crippen LogP contribution in [0.5, 0.6) is 0 Å². The minimum Gasteiger partial charge on any atom is -0.320 e. The first-order valence-corrected chi connectivity index (χ1v) is 8.51.